The molecule has 1 aromatic rings. The predicted octanol–water partition coefficient (Wildman–Crippen LogP) is 2.85. The summed E-state index contributed by atoms with van der Waals surface area (Å²) in [5, 5.41) is 3.14. The van der Waals surface area contributed by atoms with Crippen LogP contribution in [-0.4, -0.2) is 26.3 Å². The summed E-state index contributed by atoms with van der Waals surface area (Å²) >= 11 is 0. The highest BCUT2D eigenvalue weighted by atomic mass is 16.5. The van der Waals surface area contributed by atoms with E-state index in [2.05, 4.69) is 19.2 Å². The second-order valence-corrected chi connectivity index (χ2v) is 4.00. The van der Waals surface area contributed by atoms with E-state index < -0.39 is 0 Å². The van der Waals surface area contributed by atoms with Crippen molar-refractivity contribution in [3.63, 3.8) is 0 Å². The van der Waals surface area contributed by atoms with Gasteiger partial charge in [0, 0.05) is 6.54 Å². The average Bonchev–Trinajstić information content (AvgIpc) is 2.37. The van der Waals surface area contributed by atoms with Crippen LogP contribution in [0.2, 0.25) is 0 Å². The number of benzene rings is 1. The molecule has 1 N–H and O–H groups in total. The van der Waals surface area contributed by atoms with Crippen LogP contribution < -0.4 is 14.8 Å². The van der Waals surface area contributed by atoms with Gasteiger partial charge in [0.1, 0.15) is 6.10 Å². The molecule has 17 heavy (non-hydrogen) atoms. The normalized spacial score (nSPS) is 12.2. The van der Waals surface area contributed by atoms with Crippen molar-refractivity contribution in [1.82, 2.24) is 5.32 Å². The topological polar surface area (TPSA) is 30.5 Å². The summed E-state index contributed by atoms with van der Waals surface area (Å²) in [5.41, 5.74) is 0. The Kier molecular flexibility index (Phi) is 6.48. The van der Waals surface area contributed by atoms with E-state index in [1.165, 1.54) is 0 Å². The lowest BCUT2D eigenvalue weighted by atomic mass is 10.2. The molecule has 0 aliphatic carbocycles. The molecule has 0 aromatic heterocycles. The van der Waals surface area contributed by atoms with Gasteiger partial charge in [0.25, 0.3) is 0 Å². The summed E-state index contributed by atoms with van der Waals surface area (Å²) in [6.45, 7) is 5.79. The van der Waals surface area contributed by atoms with E-state index in [4.69, 9.17) is 9.47 Å². The summed E-state index contributed by atoms with van der Waals surface area (Å²) in [4.78, 5) is 0. The van der Waals surface area contributed by atoms with Crippen LogP contribution in [0.25, 0.3) is 0 Å². The maximum atomic E-state index is 5.94. The first-order valence-corrected chi connectivity index (χ1v) is 6.34. The van der Waals surface area contributed by atoms with E-state index in [1.54, 1.807) is 0 Å². The van der Waals surface area contributed by atoms with Crippen LogP contribution in [0.3, 0.4) is 0 Å². The highest BCUT2D eigenvalue weighted by Crippen LogP contribution is 2.27. The molecule has 0 amide bonds. The van der Waals surface area contributed by atoms with Crippen molar-refractivity contribution in [2.75, 3.05) is 20.2 Å². The van der Waals surface area contributed by atoms with Gasteiger partial charge in [0.15, 0.2) is 11.5 Å². The standard InChI is InChI=1S/C14H23NO2/c1-4-10-16-13-8-6-7-9-14(13)17-12(5-2)11-15-3/h6-9,12,15H,4-5,10-11H2,1-3H3. The molecule has 1 atom stereocenters. The van der Waals surface area contributed by atoms with E-state index in [0.29, 0.717) is 0 Å². The number of likely N-dealkylation sites (N-methyl/N-ethyl adjacent to an activating group) is 1. The Morgan fingerprint density at radius 1 is 1.18 bits per heavy atom. The van der Waals surface area contributed by atoms with Gasteiger partial charge >= 0.3 is 0 Å². The zero-order valence-electron chi connectivity index (χ0n) is 11.0. The van der Waals surface area contributed by atoms with Gasteiger partial charge in [0.05, 0.1) is 6.61 Å². The highest BCUT2D eigenvalue weighted by molar-refractivity contribution is 5.39. The van der Waals surface area contributed by atoms with Crippen molar-refractivity contribution in [3.8, 4) is 11.5 Å². The lowest BCUT2D eigenvalue weighted by Gasteiger charge is -2.19. The monoisotopic (exact) mass is 237 g/mol. The first kappa shape index (κ1) is 13.8. The zero-order valence-corrected chi connectivity index (χ0v) is 11.0. The fourth-order valence-electron chi connectivity index (χ4n) is 1.56. The fourth-order valence-corrected chi connectivity index (χ4v) is 1.56. The van der Waals surface area contributed by atoms with E-state index >= 15 is 0 Å². The number of para-hydroxylation sites is 2. The van der Waals surface area contributed by atoms with Crippen LogP contribution in [0.15, 0.2) is 24.3 Å². The minimum Gasteiger partial charge on any atom is -0.490 e. The molecule has 96 valence electrons. The Morgan fingerprint density at radius 2 is 1.88 bits per heavy atom. The Hall–Kier alpha value is -1.22. The van der Waals surface area contributed by atoms with Crippen molar-refractivity contribution in [1.29, 1.82) is 0 Å². The fraction of sp³-hybridized carbons (Fsp3) is 0.571. The molecule has 0 aliphatic rings. The number of hydrogen-bond acceptors (Lipinski definition) is 3. The Labute approximate surface area is 104 Å². The van der Waals surface area contributed by atoms with E-state index in [9.17, 15) is 0 Å². The average molecular weight is 237 g/mol. The Balaban J connectivity index is 2.67. The third kappa shape index (κ3) is 4.65. The SMILES string of the molecule is CCCOc1ccccc1OC(CC)CNC. The van der Waals surface area contributed by atoms with Gasteiger partial charge in [-0.2, -0.15) is 0 Å². The molecule has 0 heterocycles. The number of nitrogens with one attached hydrogen (secondary N) is 1. The third-order valence-electron chi connectivity index (χ3n) is 2.49. The summed E-state index contributed by atoms with van der Waals surface area (Å²) in [6, 6.07) is 7.86. The van der Waals surface area contributed by atoms with E-state index in [1.807, 2.05) is 31.3 Å². The van der Waals surface area contributed by atoms with Crippen LogP contribution in [0.4, 0.5) is 0 Å². The molecule has 1 rings (SSSR count). The molecule has 3 heteroatoms. The number of hydrogen-bond donors (Lipinski definition) is 1. The maximum absolute atomic E-state index is 5.94. The quantitative estimate of drug-likeness (QED) is 0.754. The second-order valence-electron chi connectivity index (χ2n) is 4.00. The number of ether oxygens (including phenoxy) is 2. The molecule has 1 aromatic carbocycles. The van der Waals surface area contributed by atoms with Crippen LogP contribution in [0.5, 0.6) is 11.5 Å². The third-order valence-corrected chi connectivity index (χ3v) is 2.49. The van der Waals surface area contributed by atoms with Gasteiger partial charge in [-0.15, -0.1) is 0 Å². The van der Waals surface area contributed by atoms with Crippen molar-refractivity contribution in [3.05, 3.63) is 24.3 Å². The van der Waals surface area contributed by atoms with Crippen molar-refractivity contribution >= 4 is 0 Å². The van der Waals surface area contributed by atoms with Gasteiger partial charge in [0.2, 0.25) is 0 Å². The summed E-state index contributed by atoms with van der Waals surface area (Å²) in [7, 11) is 1.94. The van der Waals surface area contributed by atoms with Crippen molar-refractivity contribution in [2.24, 2.45) is 0 Å². The molecular weight excluding hydrogens is 214 g/mol. The molecule has 0 radical (unpaired) electrons. The molecule has 0 aliphatic heterocycles. The lowest BCUT2D eigenvalue weighted by Crippen LogP contribution is -2.28. The first-order chi connectivity index (χ1) is 8.31. The first-order valence-electron chi connectivity index (χ1n) is 6.34. The molecule has 0 fully saturated rings. The van der Waals surface area contributed by atoms with Crippen LogP contribution in [-0.2, 0) is 0 Å². The zero-order chi connectivity index (χ0) is 12.5. The van der Waals surface area contributed by atoms with Gasteiger partial charge in [-0.1, -0.05) is 26.0 Å². The molecule has 0 saturated carbocycles. The lowest BCUT2D eigenvalue weighted by molar-refractivity contribution is 0.184. The van der Waals surface area contributed by atoms with Gasteiger partial charge in [-0.3, -0.25) is 0 Å². The minimum absolute atomic E-state index is 0.186. The summed E-state index contributed by atoms with van der Waals surface area (Å²) < 4.78 is 11.6. The van der Waals surface area contributed by atoms with Crippen LogP contribution in [0, 0.1) is 0 Å². The van der Waals surface area contributed by atoms with Crippen LogP contribution in [0.1, 0.15) is 26.7 Å². The molecule has 0 bridgehead atoms. The maximum Gasteiger partial charge on any atom is 0.161 e. The molecule has 0 saturated heterocycles. The Bertz CT molecular complexity index is 315. The molecular formula is C14H23NO2. The van der Waals surface area contributed by atoms with Gasteiger partial charge < -0.3 is 14.8 Å². The molecule has 1 unspecified atom stereocenters. The molecule has 3 nitrogen and oxygen atoms in total. The van der Waals surface area contributed by atoms with Crippen LogP contribution >= 0.6 is 0 Å². The summed E-state index contributed by atoms with van der Waals surface area (Å²) in [6.07, 6.45) is 2.16. The smallest absolute Gasteiger partial charge is 0.161 e. The van der Waals surface area contributed by atoms with Crippen molar-refractivity contribution in [2.45, 2.75) is 32.8 Å². The number of rotatable bonds is 8. The van der Waals surface area contributed by atoms with E-state index in [-0.39, 0.29) is 6.10 Å². The van der Waals surface area contributed by atoms with Gasteiger partial charge in [-0.25, -0.2) is 0 Å². The largest absolute Gasteiger partial charge is 0.490 e. The predicted molar refractivity (Wildman–Crippen MR) is 70.9 cm³/mol. The second kappa shape index (κ2) is 7.96. The molecule has 0 spiro atoms. The van der Waals surface area contributed by atoms with E-state index in [0.717, 1.165) is 37.5 Å². The highest BCUT2D eigenvalue weighted by Gasteiger charge is 2.10. The minimum atomic E-state index is 0.186. The van der Waals surface area contributed by atoms with Gasteiger partial charge in [-0.05, 0) is 32.0 Å². The summed E-state index contributed by atoms with van der Waals surface area (Å²) in [5.74, 6) is 1.67. The van der Waals surface area contributed by atoms with Crippen molar-refractivity contribution < 1.29 is 9.47 Å². The Morgan fingerprint density at radius 3 is 2.47 bits per heavy atom.